The van der Waals surface area contributed by atoms with Gasteiger partial charge in [-0.15, -0.1) is 0 Å². The smallest absolute Gasteiger partial charge is 0.236 e. The molecule has 0 aliphatic rings. The van der Waals surface area contributed by atoms with Crippen LogP contribution < -0.4 is 4.74 Å². The van der Waals surface area contributed by atoms with Gasteiger partial charge in [0.05, 0.1) is 7.11 Å². The van der Waals surface area contributed by atoms with Gasteiger partial charge in [-0.3, -0.25) is 4.79 Å². The molecule has 2 heteroatoms. The van der Waals surface area contributed by atoms with Crippen LogP contribution in [0.3, 0.4) is 0 Å². The van der Waals surface area contributed by atoms with Crippen LogP contribution >= 0.6 is 0 Å². The summed E-state index contributed by atoms with van der Waals surface area (Å²) in [6.45, 7) is 2.01. The summed E-state index contributed by atoms with van der Waals surface area (Å²) in [7, 11) is 1.59. The van der Waals surface area contributed by atoms with Crippen molar-refractivity contribution in [1.29, 1.82) is 0 Å². The second-order valence-electron chi connectivity index (χ2n) is 4.17. The second-order valence-corrected chi connectivity index (χ2v) is 4.17. The number of hydrogen-bond acceptors (Lipinski definition) is 2. The predicted octanol–water partition coefficient (Wildman–Crippen LogP) is 3.24. The summed E-state index contributed by atoms with van der Waals surface area (Å²) in [4.78, 5) is 11.9. The normalized spacial score (nSPS) is 9.37. The highest BCUT2D eigenvalue weighted by atomic mass is 16.5. The molecule has 19 heavy (non-hydrogen) atoms. The van der Waals surface area contributed by atoms with E-state index in [0.29, 0.717) is 5.56 Å². The first kappa shape index (κ1) is 12.9. The molecule has 0 atom stereocenters. The van der Waals surface area contributed by atoms with E-state index in [4.69, 9.17) is 4.74 Å². The molecule has 0 amide bonds. The molecule has 2 aromatic rings. The average Bonchev–Trinajstić information content (AvgIpc) is 2.46. The summed E-state index contributed by atoms with van der Waals surface area (Å²) in [6, 6.07) is 14.7. The van der Waals surface area contributed by atoms with Crippen LogP contribution in [0.25, 0.3) is 0 Å². The van der Waals surface area contributed by atoms with E-state index in [9.17, 15) is 4.79 Å². The van der Waals surface area contributed by atoms with Crippen molar-refractivity contribution in [2.45, 2.75) is 6.92 Å². The van der Waals surface area contributed by atoms with Crippen LogP contribution in [0, 0.1) is 18.8 Å². The monoisotopic (exact) mass is 250 g/mol. The van der Waals surface area contributed by atoms with E-state index in [1.165, 1.54) is 5.56 Å². The fraction of sp³-hybridized carbons (Fsp3) is 0.118. The van der Waals surface area contributed by atoms with Gasteiger partial charge in [0.2, 0.25) is 5.78 Å². The van der Waals surface area contributed by atoms with E-state index in [-0.39, 0.29) is 5.78 Å². The topological polar surface area (TPSA) is 26.3 Å². The van der Waals surface area contributed by atoms with Crippen molar-refractivity contribution in [3.05, 3.63) is 65.2 Å². The molecule has 0 aliphatic carbocycles. The van der Waals surface area contributed by atoms with Gasteiger partial charge in [0, 0.05) is 11.1 Å². The van der Waals surface area contributed by atoms with Crippen molar-refractivity contribution < 1.29 is 9.53 Å². The molecule has 0 unspecified atom stereocenters. The van der Waals surface area contributed by atoms with Crippen molar-refractivity contribution in [3.63, 3.8) is 0 Å². The van der Waals surface area contributed by atoms with E-state index < -0.39 is 0 Å². The lowest BCUT2D eigenvalue weighted by Crippen LogP contribution is -1.95. The first-order valence-electron chi connectivity index (χ1n) is 5.96. The van der Waals surface area contributed by atoms with Gasteiger partial charge in [0.15, 0.2) is 0 Å². The van der Waals surface area contributed by atoms with Gasteiger partial charge in [-0.05, 0) is 49.2 Å². The Balaban J connectivity index is 2.14. The standard InChI is InChI=1S/C17H14O2/c1-13-3-5-14(6-4-13)7-12-17(18)15-8-10-16(19-2)11-9-15/h3-6,8-11H,1-2H3. The molecule has 0 fully saturated rings. The van der Waals surface area contributed by atoms with Crippen LogP contribution in [-0.4, -0.2) is 12.9 Å². The summed E-state index contributed by atoms with van der Waals surface area (Å²) < 4.78 is 5.04. The van der Waals surface area contributed by atoms with E-state index in [2.05, 4.69) is 11.8 Å². The van der Waals surface area contributed by atoms with Crippen LogP contribution in [-0.2, 0) is 0 Å². The van der Waals surface area contributed by atoms with Crippen molar-refractivity contribution >= 4 is 5.78 Å². The highest BCUT2D eigenvalue weighted by Gasteiger charge is 2.01. The molecule has 94 valence electrons. The number of methoxy groups -OCH3 is 1. The Morgan fingerprint density at radius 1 is 1.00 bits per heavy atom. The lowest BCUT2D eigenvalue weighted by Gasteiger charge is -1.98. The van der Waals surface area contributed by atoms with Gasteiger partial charge in [0.1, 0.15) is 5.75 Å². The fourth-order valence-electron chi connectivity index (χ4n) is 1.58. The molecule has 2 aromatic carbocycles. The number of aryl methyl sites for hydroxylation is 1. The maximum atomic E-state index is 11.9. The second kappa shape index (κ2) is 5.88. The fourth-order valence-corrected chi connectivity index (χ4v) is 1.58. The third kappa shape index (κ3) is 3.46. The number of benzene rings is 2. The number of ether oxygens (including phenoxy) is 1. The Bertz CT molecular complexity index is 626. The van der Waals surface area contributed by atoms with E-state index in [1.54, 1.807) is 31.4 Å². The Morgan fingerprint density at radius 3 is 2.21 bits per heavy atom. The van der Waals surface area contributed by atoms with Gasteiger partial charge in [-0.25, -0.2) is 0 Å². The van der Waals surface area contributed by atoms with Gasteiger partial charge >= 0.3 is 0 Å². The predicted molar refractivity (Wildman–Crippen MR) is 75.4 cm³/mol. The maximum absolute atomic E-state index is 11.9. The molecule has 0 saturated heterocycles. The first-order valence-corrected chi connectivity index (χ1v) is 5.96. The van der Waals surface area contributed by atoms with E-state index >= 15 is 0 Å². The number of rotatable bonds is 2. The highest BCUT2D eigenvalue weighted by Crippen LogP contribution is 2.11. The molecule has 2 rings (SSSR count). The SMILES string of the molecule is COc1ccc(C(=O)C#Cc2ccc(C)cc2)cc1. The Morgan fingerprint density at radius 2 is 1.63 bits per heavy atom. The van der Waals surface area contributed by atoms with Crippen LogP contribution in [0.5, 0.6) is 5.75 Å². The molecule has 0 radical (unpaired) electrons. The molecule has 0 aliphatic heterocycles. The van der Waals surface area contributed by atoms with E-state index in [0.717, 1.165) is 11.3 Å². The average molecular weight is 250 g/mol. The maximum Gasteiger partial charge on any atom is 0.236 e. The first-order chi connectivity index (χ1) is 9.19. The van der Waals surface area contributed by atoms with Crippen molar-refractivity contribution in [2.24, 2.45) is 0 Å². The molecule has 0 bridgehead atoms. The zero-order valence-corrected chi connectivity index (χ0v) is 10.9. The zero-order valence-electron chi connectivity index (χ0n) is 10.9. The minimum absolute atomic E-state index is 0.191. The molecule has 0 heterocycles. The summed E-state index contributed by atoms with van der Waals surface area (Å²) >= 11 is 0. The lowest BCUT2D eigenvalue weighted by molar-refractivity contribution is 0.105. The van der Waals surface area contributed by atoms with Gasteiger partial charge in [-0.2, -0.15) is 0 Å². The van der Waals surface area contributed by atoms with Crippen molar-refractivity contribution in [2.75, 3.05) is 7.11 Å². The number of carbonyl (C=O) groups is 1. The van der Waals surface area contributed by atoms with Crippen molar-refractivity contribution in [1.82, 2.24) is 0 Å². The largest absolute Gasteiger partial charge is 0.497 e. The van der Waals surface area contributed by atoms with Crippen LogP contribution in [0.1, 0.15) is 21.5 Å². The Hall–Kier alpha value is -2.53. The summed E-state index contributed by atoms with van der Waals surface area (Å²) in [6.07, 6.45) is 0. The lowest BCUT2D eigenvalue weighted by atomic mass is 10.1. The molecule has 0 spiro atoms. The molecule has 0 saturated carbocycles. The molecule has 2 nitrogen and oxygen atoms in total. The molecular weight excluding hydrogens is 236 g/mol. The number of carbonyl (C=O) groups excluding carboxylic acids is 1. The van der Waals surface area contributed by atoms with Crippen molar-refractivity contribution in [3.8, 4) is 17.6 Å². The third-order valence-electron chi connectivity index (χ3n) is 2.72. The summed E-state index contributed by atoms with van der Waals surface area (Å²) in [5.74, 6) is 6.04. The summed E-state index contributed by atoms with van der Waals surface area (Å²) in [5.41, 5.74) is 2.58. The third-order valence-corrected chi connectivity index (χ3v) is 2.72. The minimum atomic E-state index is -0.191. The Labute approximate surface area is 113 Å². The number of Topliss-reactive ketones (excluding diaryl/α,β-unsaturated/α-hetero) is 1. The minimum Gasteiger partial charge on any atom is -0.497 e. The molecule has 0 aromatic heterocycles. The number of ketones is 1. The van der Waals surface area contributed by atoms with Crippen LogP contribution in [0.2, 0.25) is 0 Å². The van der Waals surface area contributed by atoms with Gasteiger partial charge in [-0.1, -0.05) is 23.6 Å². The van der Waals surface area contributed by atoms with Crippen LogP contribution in [0.4, 0.5) is 0 Å². The zero-order chi connectivity index (χ0) is 13.7. The van der Waals surface area contributed by atoms with Crippen LogP contribution in [0.15, 0.2) is 48.5 Å². The molecular formula is C17H14O2. The highest BCUT2D eigenvalue weighted by molar-refractivity contribution is 6.09. The van der Waals surface area contributed by atoms with E-state index in [1.807, 2.05) is 31.2 Å². The van der Waals surface area contributed by atoms with Gasteiger partial charge < -0.3 is 4.74 Å². The quantitative estimate of drug-likeness (QED) is 0.604. The Kier molecular flexibility index (Phi) is 4.00. The summed E-state index contributed by atoms with van der Waals surface area (Å²) in [5, 5.41) is 0. The van der Waals surface area contributed by atoms with Gasteiger partial charge in [0.25, 0.3) is 0 Å². The number of hydrogen-bond donors (Lipinski definition) is 0. The molecule has 0 N–H and O–H groups in total.